The molecule has 0 radical (unpaired) electrons. The van der Waals surface area contributed by atoms with E-state index in [-0.39, 0.29) is 30.8 Å². The van der Waals surface area contributed by atoms with Crippen molar-refractivity contribution in [1.82, 2.24) is 0 Å². The number of carbonyl (C=O) groups excluding carboxylic acids is 2. The summed E-state index contributed by atoms with van der Waals surface area (Å²) >= 11 is 5.16. The highest BCUT2D eigenvalue weighted by Crippen LogP contribution is 2.31. The molecule has 9 nitrogen and oxygen atoms in total. The highest BCUT2D eigenvalue weighted by atomic mass is 32.9. The van der Waals surface area contributed by atoms with E-state index in [1.807, 2.05) is 18.2 Å². The van der Waals surface area contributed by atoms with E-state index in [9.17, 15) is 19.7 Å². The van der Waals surface area contributed by atoms with Crippen molar-refractivity contribution < 1.29 is 29.0 Å². The van der Waals surface area contributed by atoms with Crippen LogP contribution >= 0.6 is 32.9 Å². The molecule has 0 fully saturated rings. The topological polar surface area (TPSA) is 108 Å². The maximum Gasteiger partial charge on any atom is 0.347 e. The first kappa shape index (κ1) is 25.3. The minimum absolute atomic E-state index is 0.0334. The van der Waals surface area contributed by atoms with Crippen molar-refractivity contribution in [1.29, 1.82) is 0 Å². The summed E-state index contributed by atoms with van der Waals surface area (Å²) in [6.07, 6.45) is -0.0250. The molecular weight excluding hydrogens is 500 g/mol. The van der Waals surface area contributed by atoms with Gasteiger partial charge >= 0.3 is 11.9 Å². The van der Waals surface area contributed by atoms with Crippen molar-refractivity contribution >= 4 is 50.5 Å². The van der Waals surface area contributed by atoms with Crippen LogP contribution in [0.4, 0.5) is 5.69 Å². The molecule has 178 valence electrons. The normalized spacial score (nSPS) is 10.4. The average molecular weight is 521 g/mol. The lowest BCUT2D eigenvalue weighted by Gasteiger charge is -2.16. The molecule has 0 N–H and O–H groups in total. The Kier molecular flexibility index (Phi) is 8.68. The summed E-state index contributed by atoms with van der Waals surface area (Å²) < 4.78 is 11.7. The average Bonchev–Trinajstić information content (AvgIpc) is 3.23. The summed E-state index contributed by atoms with van der Waals surface area (Å²) in [7, 11) is 6.70. The van der Waals surface area contributed by atoms with Crippen LogP contribution in [0.3, 0.4) is 0 Å². The zero-order valence-electron chi connectivity index (χ0n) is 18.2. The minimum atomic E-state index is -0.927. The zero-order chi connectivity index (χ0) is 24.7. The van der Waals surface area contributed by atoms with Gasteiger partial charge in [0.25, 0.3) is 5.09 Å². The molecule has 0 saturated heterocycles. The second-order valence-electron chi connectivity index (χ2n) is 7.12. The predicted octanol–water partition coefficient (Wildman–Crippen LogP) is 5.39. The zero-order valence-corrected chi connectivity index (χ0v) is 20.7. The third-order valence-corrected chi connectivity index (χ3v) is 7.37. The summed E-state index contributed by atoms with van der Waals surface area (Å²) in [6.45, 7) is -0.232. The lowest BCUT2D eigenvalue weighted by molar-refractivity contribution is -0.757. The van der Waals surface area contributed by atoms with Crippen LogP contribution in [0.2, 0.25) is 0 Å². The Morgan fingerprint density at radius 3 is 2.41 bits per heavy atom. The van der Waals surface area contributed by atoms with Gasteiger partial charge in [0.2, 0.25) is 0 Å². The number of rotatable bonds is 10. The van der Waals surface area contributed by atoms with Crippen molar-refractivity contribution in [2.24, 2.45) is 0 Å². The molecule has 2 aromatic carbocycles. The molecule has 3 rings (SSSR count). The first-order valence-corrected chi connectivity index (χ1v) is 12.5. The molecule has 0 saturated carbocycles. The molecule has 34 heavy (non-hydrogen) atoms. The number of anilines is 1. The molecule has 0 amide bonds. The van der Waals surface area contributed by atoms with Crippen molar-refractivity contribution in [3.8, 4) is 21.9 Å². The summed E-state index contributed by atoms with van der Waals surface area (Å²) in [5, 5.41) is 9.28. The Morgan fingerprint density at radius 2 is 1.79 bits per heavy atom. The number of benzene rings is 2. The molecule has 3 aromatic rings. The van der Waals surface area contributed by atoms with Crippen molar-refractivity contribution in [2.45, 2.75) is 12.8 Å². The SMILES string of the molecule is CN(C)c1ccc(C(=O)Oc2ccc(-c3cc(=S)ss3)cc2)c(OC(=O)CCCO[N+](=O)[O-])c1. The van der Waals surface area contributed by atoms with Gasteiger partial charge < -0.3 is 19.2 Å². The number of nitrogens with zero attached hydrogens (tertiary/aromatic N) is 2. The van der Waals surface area contributed by atoms with Gasteiger partial charge in [0.05, 0.1) is 6.61 Å². The van der Waals surface area contributed by atoms with Crippen LogP contribution in [0.5, 0.6) is 11.5 Å². The van der Waals surface area contributed by atoms with Gasteiger partial charge in [0.1, 0.15) is 20.9 Å². The van der Waals surface area contributed by atoms with E-state index in [0.717, 1.165) is 14.3 Å². The molecule has 12 heteroatoms. The molecule has 0 bridgehead atoms. The first-order valence-electron chi connectivity index (χ1n) is 9.95. The van der Waals surface area contributed by atoms with Crippen LogP contribution in [0.15, 0.2) is 48.5 Å². The molecule has 0 aliphatic rings. The fraction of sp³-hybridized carbons (Fsp3) is 0.227. The fourth-order valence-electron chi connectivity index (χ4n) is 2.79. The molecule has 1 heterocycles. The van der Waals surface area contributed by atoms with Crippen molar-refractivity contribution in [3.05, 3.63) is 68.0 Å². The molecule has 0 atom stereocenters. The predicted molar refractivity (Wildman–Crippen MR) is 132 cm³/mol. The van der Waals surface area contributed by atoms with Gasteiger partial charge in [-0.3, -0.25) is 4.79 Å². The summed E-state index contributed by atoms with van der Waals surface area (Å²) in [5.74, 6) is -0.979. The Bertz CT molecular complexity index is 1240. The van der Waals surface area contributed by atoms with E-state index in [2.05, 4.69) is 4.84 Å². The molecular formula is C22H20N2O7S3. The standard InChI is InChI=1S/C22H20N2O7S3/c1-23(2)15-7-10-17(18(12-15)31-20(25)4-3-11-29-24(27)28)22(26)30-16-8-5-14(6-9-16)19-13-21(32)34-33-19/h5-10,12-13H,3-4,11H2,1-2H3. The Balaban J connectivity index is 1.72. The van der Waals surface area contributed by atoms with E-state index in [1.165, 1.54) is 16.4 Å². The largest absolute Gasteiger partial charge is 0.426 e. The van der Waals surface area contributed by atoms with Crippen LogP contribution in [0.1, 0.15) is 23.2 Å². The van der Waals surface area contributed by atoms with Crippen LogP contribution in [-0.2, 0) is 9.63 Å². The number of esters is 2. The number of carbonyl (C=O) groups is 2. The number of hydrogen-bond donors (Lipinski definition) is 0. The van der Waals surface area contributed by atoms with Gasteiger partial charge in [0.15, 0.2) is 0 Å². The van der Waals surface area contributed by atoms with E-state index in [0.29, 0.717) is 11.4 Å². The molecule has 0 aliphatic heterocycles. The van der Waals surface area contributed by atoms with Gasteiger partial charge in [0, 0.05) is 37.1 Å². The number of ether oxygens (including phenoxy) is 2. The Labute approximate surface area is 207 Å². The second-order valence-corrected chi connectivity index (χ2v) is 10.0. The fourth-order valence-corrected chi connectivity index (χ4v) is 5.20. The van der Waals surface area contributed by atoms with Gasteiger partial charge in [-0.1, -0.05) is 32.9 Å². The third kappa shape index (κ3) is 7.07. The summed E-state index contributed by atoms with van der Waals surface area (Å²) in [4.78, 5) is 42.3. The Hall–Kier alpha value is -3.35. The van der Waals surface area contributed by atoms with Crippen LogP contribution < -0.4 is 14.4 Å². The maximum atomic E-state index is 12.9. The maximum absolute atomic E-state index is 12.9. The van der Waals surface area contributed by atoms with E-state index in [4.69, 9.17) is 21.7 Å². The van der Waals surface area contributed by atoms with E-state index < -0.39 is 17.0 Å². The highest BCUT2D eigenvalue weighted by Gasteiger charge is 2.19. The van der Waals surface area contributed by atoms with Gasteiger partial charge in [-0.2, -0.15) is 0 Å². The van der Waals surface area contributed by atoms with Crippen molar-refractivity contribution in [2.75, 3.05) is 25.6 Å². The van der Waals surface area contributed by atoms with Gasteiger partial charge in [-0.25, -0.2) is 4.79 Å². The van der Waals surface area contributed by atoms with E-state index >= 15 is 0 Å². The second kappa shape index (κ2) is 11.7. The van der Waals surface area contributed by atoms with Crippen molar-refractivity contribution in [3.63, 3.8) is 0 Å². The Morgan fingerprint density at radius 1 is 1.06 bits per heavy atom. The summed E-state index contributed by atoms with van der Waals surface area (Å²) in [5.41, 5.74) is 1.74. The van der Waals surface area contributed by atoms with Crippen LogP contribution in [0, 0.1) is 13.9 Å². The van der Waals surface area contributed by atoms with E-state index in [1.54, 1.807) is 53.6 Å². The van der Waals surface area contributed by atoms with Crippen LogP contribution in [-0.4, -0.2) is 37.7 Å². The molecule has 0 aliphatic carbocycles. The monoisotopic (exact) mass is 520 g/mol. The molecule has 0 unspecified atom stereocenters. The van der Waals surface area contributed by atoms with Gasteiger partial charge in [-0.15, -0.1) is 10.1 Å². The van der Waals surface area contributed by atoms with Crippen LogP contribution in [0.25, 0.3) is 10.4 Å². The smallest absolute Gasteiger partial charge is 0.347 e. The minimum Gasteiger partial charge on any atom is -0.426 e. The van der Waals surface area contributed by atoms with Gasteiger partial charge in [-0.05, 0) is 54.4 Å². The quantitative estimate of drug-likeness (QED) is 0.0661. The lowest BCUT2D eigenvalue weighted by Crippen LogP contribution is -2.16. The highest BCUT2D eigenvalue weighted by molar-refractivity contribution is 7.80. The lowest BCUT2D eigenvalue weighted by atomic mass is 10.1. The third-order valence-electron chi connectivity index (χ3n) is 4.46. The molecule has 1 aromatic heterocycles. The summed E-state index contributed by atoms with van der Waals surface area (Å²) in [6, 6.07) is 13.7. The first-order chi connectivity index (χ1) is 16.2. The molecule has 0 spiro atoms. The number of hydrogen-bond acceptors (Lipinski definition) is 11.